The van der Waals surface area contributed by atoms with Gasteiger partial charge in [-0.1, -0.05) is 27.7 Å². The van der Waals surface area contributed by atoms with Crippen LogP contribution in [0.1, 0.15) is 101 Å². The van der Waals surface area contributed by atoms with Gasteiger partial charge in [-0.05, 0) is 80.8 Å². The van der Waals surface area contributed by atoms with Gasteiger partial charge >= 0.3 is 5.97 Å². The van der Waals surface area contributed by atoms with E-state index in [9.17, 15) is 20.1 Å². The molecule has 4 rings (SSSR count). The topological polar surface area (TPSA) is 146 Å². The van der Waals surface area contributed by atoms with Crippen molar-refractivity contribution in [2.24, 2.45) is 23.7 Å². The highest BCUT2D eigenvalue weighted by Gasteiger charge is 2.57. The van der Waals surface area contributed by atoms with Crippen molar-refractivity contribution in [3.63, 3.8) is 0 Å². The second-order valence-electron chi connectivity index (χ2n) is 16.8. The Morgan fingerprint density at radius 1 is 0.918 bits per heavy atom. The SMILES string of the molecule is CC[C@H]1OC(=O)[C@H](C)[C@@H](O[C@H]2C[C@@](C)(OC)C[C@H](C)O2)[C@H](C)[C@@H](O[C@@H]2O[C@H](C)C[C@H](N(C)C)[C@H]2O)[C@@]2(C)C[C@H](C)[C@H](O2)[C@H](C)[C@@H](O)[C@]1(C)O. The Labute approximate surface area is 294 Å². The number of ether oxygens (including phenoxy) is 7. The number of cyclic esters (lactones) is 1. The Kier molecular flexibility index (Phi) is 13.0. The second kappa shape index (κ2) is 15.6. The van der Waals surface area contributed by atoms with E-state index in [0.717, 1.165) is 0 Å². The lowest BCUT2D eigenvalue weighted by atomic mass is 9.76. The smallest absolute Gasteiger partial charge is 0.311 e. The van der Waals surface area contributed by atoms with Crippen LogP contribution in [0.4, 0.5) is 0 Å². The quantitative estimate of drug-likeness (QED) is 0.333. The first-order valence-corrected chi connectivity index (χ1v) is 18.5. The summed E-state index contributed by atoms with van der Waals surface area (Å²) in [5.41, 5.74) is -3.20. The predicted octanol–water partition coefficient (Wildman–Crippen LogP) is 3.65. The van der Waals surface area contributed by atoms with E-state index < -0.39 is 89.7 Å². The van der Waals surface area contributed by atoms with E-state index in [1.807, 2.05) is 67.5 Å². The molecule has 0 radical (unpaired) electrons. The lowest BCUT2D eigenvalue weighted by Gasteiger charge is -2.48. The van der Waals surface area contributed by atoms with E-state index in [0.29, 0.717) is 32.1 Å². The number of methoxy groups -OCH3 is 1. The maximum atomic E-state index is 14.1. The Bertz CT molecular complexity index is 1110. The van der Waals surface area contributed by atoms with Gasteiger partial charge in [0.2, 0.25) is 0 Å². The molecule has 3 N–H and O–H groups in total. The highest BCUT2D eigenvalue weighted by molar-refractivity contribution is 5.73. The van der Waals surface area contributed by atoms with Crippen molar-refractivity contribution in [2.75, 3.05) is 21.2 Å². The van der Waals surface area contributed by atoms with Crippen LogP contribution in [0.2, 0.25) is 0 Å². The Morgan fingerprint density at radius 3 is 2.16 bits per heavy atom. The average Bonchev–Trinajstić information content (AvgIpc) is 3.34. The summed E-state index contributed by atoms with van der Waals surface area (Å²) < 4.78 is 45.3. The first-order valence-electron chi connectivity index (χ1n) is 18.5. The van der Waals surface area contributed by atoms with Gasteiger partial charge in [-0.15, -0.1) is 0 Å². The van der Waals surface area contributed by atoms with Gasteiger partial charge in [-0.2, -0.15) is 0 Å². The molecule has 12 heteroatoms. The lowest BCUT2D eigenvalue weighted by Crippen LogP contribution is -2.59. The molecule has 0 amide bonds. The third kappa shape index (κ3) is 8.50. The summed E-state index contributed by atoms with van der Waals surface area (Å²) in [5, 5.41) is 35.0. The summed E-state index contributed by atoms with van der Waals surface area (Å²) in [4.78, 5) is 16.1. The number of fused-ring (bicyclic) bond motifs is 2. The lowest BCUT2D eigenvalue weighted by molar-refractivity contribution is -0.311. The van der Waals surface area contributed by atoms with Crippen LogP contribution in [-0.4, -0.2) is 132 Å². The third-order valence-electron chi connectivity index (χ3n) is 12.1. The molecule has 0 aromatic rings. The predicted molar refractivity (Wildman–Crippen MR) is 183 cm³/mol. The minimum atomic E-state index is -1.75. The van der Waals surface area contributed by atoms with Gasteiger partial charge in [0.25, 0.3) is 0 Å². The molecule has 4 aliphatic heterocycles. The summed E-state index contributed by atoms with van der Waals surface area (Å²) in [5.74, 6) is -2.47. The van der Waals surface area contributed by atoms with Crippen LogP contribution in [0.25, 0.3) is 0 Å². The average molecular weight is 702 g/mol. The fourth-order valence-corrected chi connectivity index (χ4v) is 9.25. The largest absolute Gasteiger partial charge is 0.459 e. The molecule has 49 heavy (non-hydrogen) atoms. The zero-order valence-corrected chi connectivity index (χ0v) is 32.3. The van der Waals surface area contributed by atoms with E-state index in [2.05, 4.69) is 6.92 Å². The van der Waals surface area contributed by atoms with Crippen molar-refractivity contribution in [3.05, 3.63) is 0 Å². The van der Waals surface area contributed by atoms with Crippen molar-refractivity contribution in [2.45, 2.75) is 186 Å². The van der Waals surface area contributed by atoms with Crippen LogP contribution >= 0.6 is 0 Å². The molecule has 4 aliphatic rings. The molecule has 0 aliphatic carbocycles. The van der Waals surface area contributed by atoms with Crippen molar-refractivity contribution in [3.8, 4) is 0 Å². The highest BCUT2D eigenvalue weighted by Crippen LogP contribution is 2.48. The van der Waals surface area contributed by atoms with E-state index >= 15 is 0 Å². The number of carbonyl (C=O) groups is 1. The molecule has 0 spiro atoms. The molecule has 4 saturated heterocycles. The molecule has 12 nitrogen and oxygen atoms in total. The summed E-state index contributed by atoms with van der Waals surface area (Å²) in [6.45, 7) is 19.0. The fraction of sp³-hybridized carbons (Fsp3) is 0.973. The van der Waals surface area contributed by atoms with Crippen LogP contribution < -0.4 is 0 Å². The zero-order valence-electron chi connectivity index (χ0n) is 32.3. The Morgan fingerprint density at radius 2 is 1.57 bits per heavy atom. The first kappa shape index (κ1) is 40.8. The number of esters is 1. The number of hydrogen-bond acceptors (Lipinski definition) is 12. The maximum Gasteiger partial charge on any atom is 0.311 e. The molecule has 0 saturated carbocycles. The van der Waals surface area contributed by atoms with E-state index in [1.54, 1.807) is 14.0 Å². The monoisotopic (exact) mass is 701 g/mol. The van der Waals surface area contributed by atoms with Gasteiger partial charge in [-0.25, -0.2) is 0 Å². The Hall–Kier alpha value is -0.930. The zero-order chi connectivity index (χ0) is 36.8. The van der Waals surface area contributed by atoms with Crippen LogP contribution in [0.3, 0.4) is 0 Å². The normalized spacial score (nSPS) is 51.9. The minimum absolute atomic E-state index is 0.0262. The molecular weight excluding hydrogens is 634 g/mol. The first-order chi connectivity index (χ1) is 22.7. The summed E-state index contributed by atoms with van der Waals surface area (Å²) in [7, 11) is 5.54. The number of aliphatic hydroxyl groups is 3. The Balaban J connectivity index is 1.83. The number of carbonyl (C=O) groups excluding carboxylic acids is 1. The third-order valence-corrected chi connectivity index (χ3v) is 12.1. The molecule has 2 bridgehead atoms. The molecular formula is C37H67NO11. The van der Waals surface area contributed by atoms with Crippen LogP contribution in [-0.2, 0) is 38.0 Å². The summed E-state index contributed by atoms with van der Waals surface area (Å²) in [6, 6.07) is -0.198. The molecule has 286 valence electrons. The van der Waals surface area contributed by atoms with Gasteiger partial charge in [0, 0.05) is 37.8 Å². The number of likely N-dealkylation sites (N-methyl/N-ethyl adjacent to an activating group) is 1. The summed E-state index contributed by atoms with van der Waals surface area (Å²) >= 11 is 0. The molecule has 18 atom stereocenters. The van der Waals surface area contributed by atoms with Crippen molar-refractivity contribution in [1.82, 2.24) is 4.90 Å². The molecule has 4 heterocycles. The van der Waals surface area contributed by atoms with Crippen molar-refractivity contribution >= 4 is 5.97 Å². The van der Waals surface area contributed by atoms with Crippen molar-refractivity contribution < 1.29 is 53.3 Å². The summed E-state index contributed by atoms with van der Waals surface area (Å²) in [6.07, 6.45) is -4.58. The fourth-order valence-electron chi connectivity index (χ4n) is 9.25. The highest BCUT2D eigenvalue weighted by atomic mass is 16.7. The molecule has 0 unspecified atom stereocenters. The number of aliphatic hydroxyl groups excluding tert-OH is 2. The second-order valence-corrected chi connectivity index (χ2v) is 16.8. The number of hydrogen-bond donors (Lipinski definition) is 3. The van der Waals surface area contributed by atoms with Crippen molar-refractivity contribution in [1.29, 1.82) is 0 Å². The molecule has 0 aromatic carbocycles. The van der Waals surface area contributed by atoms with Crippen LogP contribution in [0.5, 0.6) is 0 Å². The minimum Gasteiger partial charge on any atom is -0.459 e. The van der Waals surface area contributed by atoms with Gasteiger partial charge in [-0.3, -0.25) is 4.79 Å². The maximum absolute atomic E-state index is 14.1. The molecule has 4 fully saturated rings. The number of nitrogens with zero attached hydrogens (tertiary/aromatic N) is 1. The van der Waals surface area contributed by atoms with E-state index in [4.69, 9.17) is 33.2 Å². The van der Waals surface area contributed by atoms with Gasteiger partial charge in [0.15, 0.2) is 12.6 Å². The number of rotatable bonds is 7. The van der Waals surface area contributed by atoms with Crippen LogP contribution in [0.15, 0.2) is 0 Å². The standard InChI is InChI=1S/C37H67NO11/c1-14-26-37(10,42)31(40)22(5)29-19(2)16-36(9,49-29)32(48-34-28(39)25(38(11)12)15-20(3)45-34)23(6)30(24(7)33(41)46-26)47-27-18-35(8,43-13)17-21(4)44-27/h19-32,34,39-40,42H,14-18H2,1-13H3/t19-,20+,21-,22-,23-,24+,25-,26+,27-,28+,29-,30-,31+,32+,34-,35-,36+,37+/m0/s1. The van der Waals surface area contributed by atoms with Crippen LogP contribution in [0, 0.1) is 23.7 Å². The van der Waals surface area contributed by atoms with E-state index in [-0.39, 0.29) is 24.2 Å². The van der Waals surface area contributed by atoms with Gasteiger partial charge < -0.3 is 53.4 Å². The van der Waals surface area contributed by atoms with E-state index in [1.165, 1.54) is 6.92 Å². The van der Waals surface area contributed by atoms with Gasteiger partial charge in [0.1, 0.15) is 17.8 Å². The van der Waals surface area contributed by atoms with Gasteiger partial charge in [0.05, 0.1) is 53.7 Å². The molecule has 0 aromatic heterocycles.